The van der Waals surface area contributed by atoms with E-state index in [-0.39, 0.29) is 0 Å². The molecule has 0 bridgehead atoms. The van der Waals surface area contributed by atoms with E-state index in [1.54, 1.807) is 11.3 Å². The summed E-state index contributed by atoms with van der Waals surface area (Å²) < 4.78 is 0. The number of aromatic nitrogens is 1. The van der Waals surface area contributed by atoms with Crippen molar-refractivity contribution in [3.63, 3.8) is 0 Å². The molecule has 1 aliphatic heterocycles. The van der Waals surface area contributed by atoms with Gasteiger partial charge < -0.3 is 4.90 Å². The minimum atomic E-state index is 0.807. The van der Waals surface area contributed by atoms with Crippen molar-refractivity contribution in [2.45, 2.75) is 25.5 Å². The molecule has 1 saturated heterocycles. The normalized spacial score (nSPS) is 22.7. The van der Waals surface area contributed by atoms with Gasteiger partial charge in [0.2, 0.25) is 0 Å². The molecule has 0 aliphatic carbocycles. The molecule has 4 heteroatoms. The third-order valence-electron chi connectivity index (χ3n) is 2.62. The summed E-state index contributed by atoms with van der Waals surface area (Å²) >= 11 is 6.04. The second-order valence-electron chi connectivity index (χ2n) is 3.96. The number of piperidine rings is 1. The molecule has 1 atom stereocenters. The van der Waals surface area contributed by atoms with E-state index in [9.17, 15) is 0 Å². The Kier molecular flexibility index (Phi) is 3.34. The van der Waals surface area contributed by atoms with Gasteiger partial charge >= 0.3 is 0 Å². The van der Waals surface area contributed by atoms with Crippen LogP contribution in [0.25, 0.3) is 0 Å². The topological polar surface area (TPSA) is 16.1 Å². The van der Waals surface area contributed by atoms with E-state index in [1.807, 2.05) is 6.20 Å². The highest BCUT2D eigenvalue weighted by molar-refractivity contribution is 7.79. The van der Waals surface area contributed by atoms with Gasteiger partial charge in [-0.05, 0) is 18.8 Å². The molecule has 78 valence electrons. The third kappa shape index (κ3) is 2.23. The molecule has 0 spiro atoms. The van der Waals surface area contributed by atoms with E-state index in [1.165, 1.54) is 35.9 Å². The predicted octanol–water partition coefficient (Wildman–Crippen LogP) is 2.81. The summed E-state index contributed by atoms with van der Waals surface area (Å²) in [4.78, 5) is 8.11. The first-order valence-electron chi connectivity index (χ1n) is 5.10. The van der Waals surface area contributed by atoms with Gasteiger partial charge in [-0.3, -0.25) is 0 Å². The lowest BCUT2D eigenvalue weighted by molar-refractivity contribution is 0.446. The van der Waals surface area contributed by atoms with Crippen molar-refractivity contribution >= 4 is 29.1 Å². The Morgan fingerprint density at radius 1 is 1.71 bits per heavy atom. The number of anilines is 1. The number of rotatable bonds is 2. The van der Waals surface area contributed by atoms with Crippen molar-refractivity contribution < 1.29 is 0 Å². The van der Waals surface area contributed by atoms with Crippen molar-refractivity contribution in [3.8, 4) is 0 Å². The lowest BCUT2D eigenvalue weighted by atomic mass is 10.0. The number of hydrogen-bond donors (Lipinski definition) is 1. The van der Waals surface area contributed by atoms with Crippen LogP contribution in [0.2, 0.25) is 0 Å². The zero-order valence-electron chi connectivity index (χ0n) is 8.44. The van der Waals surface area contributed by atoms with E-state index in [2.05, 4.69) is 29.4 Å². The first kappa shape index (κ1) is 10.3. The number of thiol groups is 1. The zero-order valence-corrected chi connectivity index (χ0v) is 10.2. The average Bonchev–Trinajstić information content (AvgIpc) is 2.66. The Balaban J connectivity index is 2.06. The Morgan fingerprint density at radius 2 is 2.57 bits per heavy atom. The fraction of sp³-hybridized carbons (Fsp3) is 0.700. The molecule has 0 N–H and O–H groups in total. The fourth-order valence-corrected chi connectivity index (χ4v) is 2.96. The summed E-state index contributed by atoms with van der Waals surface area (Å²) in [6, 6.07) is 0. The molecule has 0 radical (unpaired) electrons. The maximum absolute atomic E-state index is 4.44. The molecule has 2 rings (SSSR count). The molecule has 1 aromatic rings. The summed E-state index contributed by atoms with van der Waals surface area (Å²) in [5.74, 6) is 1.62. The largest absolute Gasteiger partial charge is 0.348 e. The van der Waals surface area contributed by atoms with Gasteiger partial charge in [-0.25, -0.2) is 4.98 Å². The Bertz CT molecular complexity index is 298. The molecule has 0 saturated carbocycles. The number of thiazole rings is 1. The van der Waals surface area contributed by atoms with Gasteiger partial charge in [-0.2, -0.15) is 12.6 Å². The molecule has 2 heterocycles. The highest BCUT2D eigenvalue weighted by Crippen LogP contribution is 2.27. The highest BCUT2D eigenvalue weighted by Gasteiger charge is 2.18. The van der Waals surface area contributed by atoms with Crippen LogP contribution in [0.15, 0.2) is 6.20 Å². The van der Waals surface area contributed by atoms with Gasteiger partial charge in [0.1, 0.15) is 0 Å². The molecule has 1 fully saturated rings. The Morgan fingerprint density at radius 3 is 3.21 bits per heavy atom. The van der Waals surface area contributed by atoms with Crippen molar-refractivity contribution in [1.29, 1.82) is 0 Å². The standard InChI is InChI=1S/C10H16N2S2/c1-8-3-2-4-12(6-8)10-11-5-9(7-13)14-10/h5,8,13H,2-4,6-7H2,1H3. The van der Waals surface area contributed by atoms with Crippen LogP contribution in [0.5, 0.6) is 0 Å². The molecule has 14 heavy (non-hydrogen) atoms. The quantitative estimate of drug-likeness (QED) is 0.784. The third-order valence-corrected chi connectivity index (χ3v) is 4.24. The van der Waals surface area contributed by atoms with Gasteiger partial charge in [0.05, 0.1) is 0 Å². The van der Waals surface area contributed by atoms with Gasteiger partial charge in [0.15, 0.2) is 5.13 Å². The van der Waals surface area contributed by atoms with E-state index in [4.69, 9.17) is 0 Å². The second kappa shape index (κ2) is 4.53. The number of hydrogen-bond acceptors (Lipinski definition) is 4. The zero-order chi connectivity index (χ0) is 9.97. The van der Waals surface area contributed by atoms with Gasteiger partial charge in [-0.15, -0.1) is 11.3 Å². The first-order valence-corrected chi connectivity index (χ1v) is 6.55. The molecular weight excluding hydrogens is 212 g/mol. The van der Waals surface area contributed by atoms with Crippen LogP contribution in [0.3, 0.4) is 0 Å². The van der Waals surface area contributed by atoms with E-state index < -0.39 is 0 Å². The highest BCUT2D eigenvalue weighted by atomic mass is 32.1. The van der Waals surface area contributed by atoms with Crippen LogP contribution in [0.1, 0.15) is 24.6 Å². The first-order chi connectivity index (χ1) is 6.79. The van der Waals surface area contributed by atoms with E-state index >= 15 is 0 Å². The summed E-state index contributed by atoms with van der Waals surface area (Å²) in [6.45, 7) is 4.66. The molecule has 1 aliphatic rings. The van der Waals surface area contributed by atoms with Crippen LogP contribution >= 0.6 is 24.0 Å². The van der Waals surface area contributed by atoms with Gasteiger partial charge in [-0.1, -0.05) is 6.92 Å². The molecule has 2 nitrogen and oxygen atoms in total. The molecule has 0 amide bonds. The maximum Gasteiger partial charge on any atom is 0.185 e. The van der Waals surface area contributed by atoms with Crippen molar-refractivity contribution in [1.82, 2.24) is 4.98 Å². The van der Waals surface area contributed by atoms with Crippen LogP contribution in [-0.2, 0) is 5.75 Å². The Hall–Kier alpha value is -0.220. The summed E-state index contributed by atoms with van der Waals surface area (Å²) in [6.07, 6.45) is 4.62. The van der Waals surface area contributed by atoms with E-state index in [0.717, 1.165) is 11.7 Å². The lowest BCUT2D eigenvalue weighted by Crippen LogP contribution is -2.34. The molecule has 0 aromatic carbocycles. The van der Waals surface area contributed by atoms with E-state index in [0.29, 0.717) is 0 Å². The maximum atomic E-state index is 4.44. The van der Waals surface area contributed by atoms with Crippen molar-refractivity contribution in [2.75, 3.05) is 18.0 Å². The molecule has 1 unspecified atom stereocenters. The minimum Gasteiger partial charge on any atom is -0.348 e. The van der Waals surface area contributed by atoms with Crippen LogP contribution in [-0.4, -0.2) is 18.1 Å². The van der Waals surface area contributed by atoms with Gasteiger partial charge in [0.25, 0.3) is 0 Å². The van der Waals surface area contributed by atoms with Crippen molar-refractivity contribution in [2.24, 2.45) is 5.92 Å². The minimum absolute atomic E-state index is 0.807. The number of nitrogens with zero attached hydrogens (tertiary/aromatic N) is 2. The summed E-state index contributed by atoms with van der Waals surface area (Å²) in [7, 11) is 0. The average molecular weight is 228 g/mol. The molecule has 1 aromatic heterocycles. The van der Waals surface area contributed by atoms with Crippen LogP contribution in [0.4, 0.5) is 5.13 Å². The van der Waals surface area contributed by atoms with Crippen LogP contribution < -0.4 is 4.90 Å². The summed E-state index contributed by atoms with van der Waals surface area (Å²) in [5, 5.41) is 1.18. The van der Waals surface area contributed by atoms with Crippen LogP contribution in [0, 0.1) is 5.92 Å². The summed E-state index contributed by atoms with van der Waals surface area (Å²) in [5.41, 5.74) is 0. The lowest BCUT2D eigenvalue weighted by Gasteiger charge is -2.30. The predicted molar refractivity (Wildman–Crippen MR) is 65.4 cm³/mol. The second-order valence-corrected chi connectivity index (χ2v) is 5.37. The SMILES string of the molecule is CC1CCCN(c2ncc(CS)s2)C1. The Labute approximate surface area is 94.8 Å². The van der Waals surface area contributed by atoms with Gasteiger partial charge in [0, 0.05) is 29.9 Å². The smallest absolute Gasteiger partial charge is 0.185 e. The fourth-order valence-electron chi connectivity index (χ4n) is 1.88. The van der Waals surface area contributed by atoms with Crippen molar-refractivity contribution in [3.05, 3.63) is 11.1 Å². The molecular formula is C10H16N2S2. The monoisotopic (exact) mass is 228 g/mol.